The molecule has 1 amide bonds. The van der Waals surface area contributed by atoms with Crippen LogP contribution in [0.4, 0.5) is 4.79 Å². The van der Waals surface area contributed by atoms with Gasteiger partial charge in [0.15, 0.2) is 0 Å². The molecule has 0 aromatic rings. The van der Waals surface area contributed by atoms with Gasteiger partial charge in [-0.1, -0.05) is 0 Å². The Morgan fingerprint density at radius 1 is 1.77 bits per heavy atom. The van der Waals surface area contributed by atoms with E-state index in [0.29, 0.717) is 18.9 Å². The van der Waals surface area contributed by atoms with E-state index in [1.807, 2.05) is 23.1 Å². The van der Waals surface area contributed by atoms with Gasteiger partial charge in [0.1, 0.15) is 13.1 Å². The summed E-state index contributed by atoms with van der Waals surface area (Å²) >= 11 is 0. The largest absolute Gasteiger partial charge is 0.511 e. The van der Waals surface area contributed by atoms with Crippen molar-refractivity contribution in [3.05, 3.63) is 12.3 Å². The molecule has 0 N–H and O–H groups in total. The molecule has 0 unspecified atom stereocenters. The normalized spacial score (nSPS) is 20.1. The third-order valence-electron chi connectivity index (χ3n) is 2.33. The summed E-state index contributed by atoms with van der Waals surface area (Å²) < 4.78 is 1.26. The van der Waals surface area contributed by atoms with E-state index in [0.717, 1.165) is 6.54 Å². The molecule has 13 heavy (non-hydrogen) atoms. The number of carboxylic acid groups (broad SMARTS) is 1. The van der Waals surface area contributed by atoms with Crippen molar-refractivity contribution in [1.29, 1.82) is 0 Å². The highest BCUT2D eigenvalue weighted by Gasteiger charge is 2.36. The Morgan fingerprint density at radius 3 is 3.15 bits per heavy atom. The number of nitrogens with zero attached hydrogens (tertiary/aromatic N) is 3. The van der Waals surface area contributed by atoms with E-state index in [1.54, 1.807) is 6.08 Å². The molecule has 0 aromatic carbocycles. The molecule has 2 aliphatic rings. The molecule has 2 aliphatic heterocycles. The van der Waals surface area contributed by atoms with Gasteiger partial charge in [0.05, 0.1) is 6.54 Å². The van der Waals surface area contributed by atoms with Crippen LogP contribution in [0.2, 0.25) is 0 Å². The number of amides is 1. The monoisotopic (exact) mass is 181 g/mol. The number of hydrazine groups is 1. The van der Waals surface area contributed by atoms with Crippen molar-refractivity contribution in [3.8, 4) is 0 Å². The quantitative estimate of drug-likeness (QED) is 0.478. The second-order valence-corrected chi connectivity index (χ2v) is 2.97. The molecule has 0 spiro atoms. The fourth-order valence-corrected chi connectivity index (χ4v) is 1.69. The van der Waals surface area contributed by atoms with Crippen molar-refractivity contribution in [1.82, 2.24) is 10.0 Å². The van der Waals surface area contributed by atoms with Gasteiger partial charge in [-0.05, 0) is 6.92 Å². The van der Waals surface area contributed by atoms with Gasteiger partial charge in [0.25, 0.3) is 0 Å². The Kier molecular flexibility index (Phi) is 1.72. The van der Waals surface area contributed by atoms with Crippen molar-refractivity contribution in [2.75, 3.05) is 19.6 Å². The smallest absolute Gasteiger partial charge is 0.303 e. The second kappa shape index (κ2) is 2.76. The molecular formula is C8H11N3O2. The van der Waals surface area contributed by atoms with E-state index in [-0.39, 0.29) is 0 Å². The number of carbonyl (C=O) groups excluding carboxylic acids is 1. The molecule has 0 aliphatic carbocycles. The maximum Gasteiger partial charge on any atom is 0.303 e. The molecule has 0 saturated heterocycles. The first-order chi connectivity index (χ1) is 6.24. The Bertz CT molecular complexity index is 309. The topological polar surface area (TPSA) is 49.6 Å². The maximum absolute atomic E-state index is 10.7. The highest BCUT2D eigenvalue weighted by Crippen LogP contribution is 2.14. The van der Waals surface area contributed by atoms with E-state index >= 15 is 0 Å². The molecule has 2 heterocycles. The lowest BCUT2D eigenvalue weighted by Crippen LogP contribution is -2.38. The van der Waals surface area contributed by atoms with Crippen molar-refractivity contribution >= 4 is 11.9 Å². The van der Waals surface area contributed by atoms with Crippen LogP contribution in [0, 0.1) is 0 Å². The predicted molar refractivity (Wildman–Crippen MR) is 43.8 cm³/mol. The lowest BCUT2D eigenvalue weighted by atomic mass is 10.6. The molecule has 5 heteroatoms. The van der Waals surface area contributed by atoms with Gasteiger partial charge in [-0.25, -0.2) is 9.58 Å². The summed E-state index contributed by atoms with van der Waals surface area (Å²) in [5.74, 6) is 0.710. The van der Waals surface area contributed by atoms with Gasteiger partial charge in [-0.3, -0.25) is 0 Å². The molecule has 70 valence electrons. The molecule has 0 fully saturated rings. The van der Waals surface area contributed by atoms with Crippen LogP contribution >= 0.6 is 0 Å². The minimum atomic E-state index is -1.12. The Hall–Kier alpha value is -1.52. The molecule has 0 radical (unpaired) electrons. The number of carbonyl (C=O) groups is 1. The molecule has 0 aromatic heterocycles. The van der Waals surface area contributed by atoms with Gasteiger partial charge < -0.3 is 9.90 Å². The van der Waals surface area contributed by atoms with Crippen LogP contribution < -0.4 is 5.11 Å². The van der Waals surface area contributed by atoms with Crippen molar-refractivity contribution in [3.63, 3.8) is 0 Å². The summed E-state index contributed by atoms with van der Waals surface area (Å²) in [4.78, 5) is 10.7. The summed E-state index contributed by atoms with van der Waals surface area (Å²) in [7, 11) is 0. The van der Waals surface area contributed by atoms with Crippen molar-refractivity contribution in [2.45, 2.75) is 6.92 Å². The predicted octanol–water partition coefficient (Wildman–Crippen LogP) is -1.18. The Labute approximate surface area is 76.1 Å². The summed E-state index contributed by atoms with van der Waals surface area (Å²) in [6.45, 7) is 4.08. The van der Waals surface area contributed by atoms with Gasteiger partial charge in [0, 0.05) is 12.3 Å². The van der Waals surface area contributed by atoms with E-state index in [4.69, 9.17) is 0 Å². The molecule has 5 nitrogen and oxygen atoms in total. The zero-order chi connectivity index (χ0) is 9.42. The van der Waals surface area contributed by atoms with Crippen LogP contribution in [0.5, 0.6) is 0 Å². The van der Waals surface area contributed by atoms with E-state index in [9.17, 15) is 9.90 Å². The summed E-state index contributed by atoms with van der Waals surface area (Å²) in [6, 6.07) is 0. The van der Waals surface area contributed by atoms with Crippen LogP contribution in [0.25, 0.3) is 0 Å². The zero-order valence-corrected chi connectivity index (χ0v) is 7.43. The van der Waals surface area contributed by atoms with Crippen LogP contribution in [0.15, 0.2) is 12.3 Å². The van der Waals surface area contributed by atoms with Crippen LogP contribution in [0.1, 0.15) is 6.92 Å². The zero-order valence-electron chi connectivity index (χ0n) is 7.43. The standard InChI is InChI=1S/C8H11N3O2/c1-2-9-4-3-7-10(8(12)13)5-6-11(7)9/h3-4H,2,5-6H2,1H3. The number of hydrogen-bond acceptors (Lipinski definition) is 4. The number of rotatable bonds is 1. The lowest BCUT2D eigenvalue weighted by Gasteiger charge is -2.17. The number of hydrogen-bond donors (Lipinski definition) is 0. The minimum absolute atomic E-state index is 0.499. The first kappa shape index (κ1) is 8.10. The van der Waals surface area contributed by atoms with Crippen LogP contribution in [0.3, 0.4) is 0 Å². The molecule has 2 rings (SSSR count). The van der Waals surface area contributed by atoms with Crippen molar-refractivity contribution < 1.29 is 14.5 Å². The van der Waals surface area contributed by atoms with E-state index in [1.165, 1.54) is 4.58 Å². The van der Waals surface area contributed by atoms with Gasteiger partial charge in [-0.2, -0.15) is 5.01 Å². The van der Waals surface area contributed by atoms with Gasteiger partial charge >= 0.3 is 5.84 Å². The average Bonchev–Trinajstić information content (AvgIpc) is 2.61. The van der Waals surface area contributed by atoms with E-state index < -0.39 is 6.09 Å². The first-order valence-corrected chi connectivity index (χ1v) is 4.32. The molecule has 0 atom stereocenters. The summed E-state index contributed by atoms with van der Waals surface area (Å²) in [5, 5.41) is 14.6. The highest BCUT2D eigenvalue weighted by atomic mass is 16.4. The lowest BCUT2D eigenvalue weighted by molar-refractivity contribution is -0.507. The third-order valence-corrected chi connectivity index (χ3v) is 2.33. The third kappa shape index (κ3) is 1.07. The van der Waals surface area contributed by atoms with Gasteiger partial charge in [0.2, 0.25) is 6.09 Å². The summed E-state index contributed by atoms with van der Waals surface area (Å²) in [5.41, 5.74) is 0. The van der Waals surface area contributed by atoms with Crippen LogP contribution in [-0.4, -0.2) is 46.2 Å². The van der Waals surface area contributed by atoms with Crippen LogP contribution in [-0.2, 0) is 0 Å². The average molecular weight is 181 g/mol. The second-order valence-electron chi connectivity index (χ2n) is 2.97. The number of fused-ring (bicyclic) bond motifs is 1. The fourth-order valence-electron chi connectivity index (χ4n) is 1.69. The first-order valence-electron chi connectivity index (χ1n) is 4.32. The minimum Gasteiger partial charge on any atom is -0.511 e. The van der Waals surface area contributed by atoms with E-state index in [2.05, 4.69) is 0 Å². The molecule has 0 bridgehead atoms. The van der Waals surface area contributed by atoms with Gasteiger partial charge in [-0.15, -0.1) is 0 Å². The number of amidine groups is 1. The highest BCUT2D eigenvalue weighted by molar-refractivity contribution is 5.93. The molecule has 0 saturated carbocycles. The van der Waals surface area contributed by atoms with Crippen molar-refractivity contribution in [2.24, 2.45) is 0 Å². The fraction of sp³-hybridized carbons (Fsp3) is 0.500. The Morgan fingerprint density at radius 2 is 2.54 bits per heavy atom. The maximum atomic E-state index is 10.7. The summed E-state index contributed by atoms with van der Waals surface area (Å²) in [6.07, 6.45) is 2.55. The SMILES string of the molecule is CCN1C=CC2=[N+](C(=O)[O-])CCN21. The Balaban J connectivity index is 2.30. The molecular weight excluding hydrogens is 170 g/mol.